The first kappa shape index (κ1) is 29.8. The van der Waals surface area contributed by atoms with Gasteiger partial charge in [0.25, 0.3) is 0 Å². The highest BCUT2D eigenvalue weighted by atomic mass is 79.9. The van der Waals surface area contributed by atoms with Gasteiger partial charge in [0, 0.05) is 16.9 Å². The molecule has 2 amide bonds. The molecule has 0 saturated carbocycles. The number of ether oxygens (including phenoxy) is 2. The number of fused-ring (bicyclic) bond motifs is 1. The number of allylic oxidation sites excluding steroid dienone is 1. The number of likely N-dealkylation sites (tertiary alicyclic amines) is 1. The predicted molar refractivity (Wildman–Crippen MR) is 145 cm³/mol. The molecule has 208 valence electrons. The Labute approximate surface area is 229 Å². The number of alkyl halides is 1. The van der Waals surface area contributed by atoms with Crippen molar-refractivity contribution in [2.24, 2.45) is 17.8 Å². The monoisotopic (exact) mass is 582 g/mol. The van der Waals surface area contributed by atoms with Gasteiger partial charge in [0.15, 0.2) is 0 Å². The molecule has 3 aliphatic rings. The van der Waals surface area contributed by atoms with Gasteiger partial charge in [-0.05, 0) is 52.4 Å². The van der Waals surface area contributed by atoms with Crippen molar-refractivity contribution < 1.29 is 29.0 Å². The van der Waals surface area contributed by atoms with Gasteiger partial charge in [-0.15, -0.1) is 13.2 Å². The summed E-state index contributed by atoms with van der Waals surface area (Å²) < 4.78 is 12.2. The zero-order chi connectivity index (χ0) is 27.7. The minimum absolute atomic E-state index is 0.116. The van der Waals surface area contributed by atoms with Crippen LogP contribution >= 0.6 is 15.9 Å². The van der Waals surface area contributed by atoms with Crippen LogP contribution in [0.3, 0.4) is 0 Å². The smallest absolute Gasteiger partial charge is 0.312 e. The van der Waals surface area contributed by atoms with Crippen molar-refractivity contribution in [1.29, 1.82) is 0 Å². The molecule has 2 bridgehead atoms. The summed E-state index contributed by atoms with van der Waals surface area (Å²) in [5.74, 6) is -2.84. The van der Waals surface area contributed by atoms with Crippen LogP contribution in [-0.4, -0.2) is 86.6 Å². The number of nitrogens with zero attached hydrogens (tertiary/aromatic N) is 2. The molecule has 0 radical (unpaired) electrons. The van der Waals surface area contributed by atoms with Gasteiger partial charge >= 0.3 is 5.97 Å². The summed E-state index contributed by atoms with van der Waals surface area (Å²) in [4.78, 5) is 44.9. The van der Waals surface area contributed by atoms with Crippen LogP contribution in [0, 0.1) is 17.8 Å². The maximum absolute atomic E-state index is 14.3. The number of amides is 2. The highest BCUT2D eigenvalue weighted by molar-refractivity contribution is 9.09. The fourth-order valence-electron chi connectivity index (χ4n) is 6.22. The molecule has 0 aromatic rings. The summed E-state index contributed by atoms with van der Waals surface area (Å²) in [5.41, 5.74) is -1.73. The fourth-order valence-corrected chi connectivity index (χ4v) is 7.17. The third-order valence-corrected chi connectivity index (χ3v) is 8.83. The van der Waals surface area contributed by atoms with Crippen LogP contribution < -0.4 is 0 Å². The van der Waals surface area contributed by atoms with Gasteiger partial charge in [-0.2, -0.15) is 0 Å². The molecule has 3 unspecified atom stereocenters. The molecular formula is C28H43BrN2O6. The zero-order valence-electron chi connectivity index (χ0n) is 22.8. The average Bonchev–Trinajstić information content (AvgIpc) is 3.40. The first-order valence-electron chi connectivity index (χ1n) is 13.3. The minimum Gasteiger partial charge on any atom is -0.465 e. The lowest BCUT2D eigenvalue weighted by Gasteiger charge is -2.44. The highest BCUT2D eigenvalue weighted by Gasteiger charge is 2.77. The molecule has 3 rings (SSSR count). The van der Waals surface area contributed by atoms with Crippen LogP contribution in [0.5, 0.6) is 0 Å². The van der Waals surface area contributed by atoms with Crippen LogP contribution in [0.1, 0.15) is 60.3 Å². The second-order valence-electron chi connectivity index (χ2n) is 11.8. The molecule has 37 heavy (non-hydrogen) atoms. The standard InChI is InChI=1S/C28H43BrN2O6/c1-8-10-11-12-14-36-26(35)20-21-24(33)31(19(16-32)17(3)4)23(28(21)15-18(29)22(20)37-28)25(34)30(13-9-2)27(5,6)7/h8-9,17-23,32H,1-2,10-16H2,3-7H3/t18?,19-,20-,21-,22-,23?,28?/m0/s1. The molecular weight excluding hydrogens is 540 g/mol. The van der Waals surface area contributed by atoms with Crippen LogP contribution in [0.2, 0.25) is 0 Å². The van der Waals surface area contributed by atoms with Crippen molar-refractivity contribution in [3.8, 4) is 0 Å². The Kier molecular flexibility index (Phi) is 9.34. The van der Waals surface area contributed by atoms with Gasteiger partial charge in [0.2, 0.25) is 11.8 Å². The molecule has 0 aliphatic carbocycles. The summed E-state index contributed by atoms with van der Waals surface area (Å²) in [6.07, 6.45) is 5.73. The number of hydrogen-bond acceptors (Lipinski definition) is 6. The molecule has 1 N–H and O–H groups in total. The first-order chi connectivity index (χ1) is 17.4. The van der Waals surface area contributed by atoms with E-state index < -0.39 is 47.1 Å². The predicted octanol–water partition coefficient (Wildman–Crippen LogP) is 3.46. The van der Waals surface area contributed by atoms with Gasteiger partial charge in [-0.3, -0.25) is 14.4 Å². The quantitative estimate of drug-likeness (QED) is 0.164. The maximum Gasteiger partial charge on any atom is 0.312 e. The Balaban J connectivity index is 2.04. The van der Waals surface area contributed by atoms with E-state index in [-0.39, 0.29) is 35.8 Å². The maximum atomic E-state index is 14.3. The Bertz CT molecular complexity index is 902. The van der Waals surface area contributed by atoms with E-state index in [4.69, 9.17) is 9.47 Å². The Morgan fingerprint density at radius 1 is 1.30 bits per heavy atom. The molecule has 3 saturated heterocycles. The van der Waals surface area contributed by atoms with Crippen LogP contribution in [0.4, 0.5) is 0 Å². The van der Waals surface area contributed by atoms with E-state index in [9.17, 15) is 19.5 Å². The van der Waals surface area contributed by atoms with Crippen molar-refractivity contribution in [3.63, 3.8) is 0 Å². The molecule has 0 aromatic heterocycles. The van der Waals surface area contributed by atoms with Gasteiger partial charge in [0.1, 0.15) is 11.6 Å². The van der Waals surface area contributed by atoms with Gasteiger partial charge in [-0.1, -0.05) is 41.9 Å². The number of unbranched alkanes of at least 4 members (excludes halogenated alkanes) is 2. The third-order valence-electron chi connectivity index (χ3n) is 7.98. The molecule has 1 spiro atoms. The topological polar surface area (TPSA) is 96.4 Å². The molecule has 9 heteroatoms. The molecule has 3 heterocycles. The van der Waals surface area contributed by atoms with E-state index in [0.717, 1.165) is 12.8 Å². The highest BCUT2D eigenvalue weighted by Crippen LogP contribution is 2.61. The number of carbonyl (C=O) groups is 3. The minimum atomic E-state index is -1.19. The summed E-state index contributed by atoms with van der Waals surface area (Å²) in [6, 6.07) is -1.57. The number of esters is 1. The Morgan fingerprint density at radius 3 is 2.51 bits per heavy atom. The lowest BCUT2D eigenvalue weighted by atomic mass is 9.70. The number of aliphatic hydroxyl groups is 1. The molecule has 8 nitrogen and oxygen atoms in total. The van der Waals surface area contributed by atoms with Crippen LogP contribution in [0.25, 0.3) is 0 Å². The Morgan fingerprint density at radius 2 is 1.97 bits per heavy atom. The lowest BCUT2D eigenvalue weighted by Crippen LogP contribution is -2.62. The molecule has 3 fully saturated rings. The molecule has 3 aliphatic heterocycles. The van der Waals surface area contributed by atoms with E-state index in [0.29, 0.717) is 19.4 Å². The third kappa shape index (κ3) is 5.28. The Hall–Kier alpha value is -1.71. The van der Waals surface area contributed by atoms with Crippen LogP contribution in [-0.2, 0) is 23.9 Å². The fraction of sp³-hybridized carbons (Fsp3) is 0.750. The van der Waals surface area contributed by atoms with E-state index in [1.807, 2.05) is 40.7 Å². The summed E-state index contributed by atoms with van der Waals surface area (Å²) >= 11 is 3.68. The normalized spacial score (nSPS) is 31.4. The van der Waals surface area contributed by atoms with E-state index in [1.165, 1.54) is 4.90 Å². The van der Waals surface area contributed by atoms with E-state index in [1.54, 1.807) is 11.0 Å². The number of aliphatic hydroxyl groups excluding tert-OH is 1. The van der Waals surface area contributed by atoms with Crippen molar-refractivity contribution in [2.45, 2.75) is 94.5 Å². The average molecular weight is 584 g/mol. The van der Waals surface area contributed by atoms with Crippen molar-refractivity contribution in [1.82, 2.24) is 9.80 Å². The summed E-state index contributed by atoms with van der Waals surface area (Å²) in [7, 11) is 0. The number of hydrogen-bond donors (Lipinski definition) is 1. The van der Waals surface area contributed by atoms with E-state index in [2.05, 4.69) is 29.1 Å². The SMILES string of the molecule is C=CCCCCOC(=O)[C@H]1[C@H]2C(=O)N([C@@H](CO)C(C)C)C(C(=O)N(CC=C)C(C)(C)C)C23CC(Br)[C@@H]1O3. The number of halogens is 1. The molecule has 7 atom stereocenters. The largest absolute Gasteiger partial charge is 0.465 e. The second-order valence-corrected chi connectivity index (χ2v) is 12.9. The first-order valence-corrected chi connectivity index (χ1v) is 14.2. The van der Waals surface area contributed by atoms with Crippen molar-refractivity contribution in [2.75, 3.05) is 19.8 Å². The number of carbonyl (C=O) groups excluding carboxylic acids is 3. The summed E-state index contributed by atoms with van der Waals surface area (Å²) in [5, 5.41) is 10.3. The zero-order valence-corrected chi connectivity index (χ0v) is 24.4. The van der Waals surface area contributed by atoms with Gasteiger partial charge < -0.3 is 24.4 Å². The van der Waals surface area contributed by atoms with Crippen LogP contribution in [0.15, 0.2) is 25.3 Å². The lowest BCUT2D eigenvalue weighted by molar-refractivity contribution is -0.158. The summed E-state index contributed by atoms with van der Waals surface area (Å²) in [6.45, 7) is 17.4. The van der Waals surface area contributed by atoms with Crippen molar-refractivity contribution in [3.05, 3.63) is 25.3 Å². The van der Waals surface area contributed by atoms with Crippen molar-refractivity contribution >= 4 is 33.7 Å². The van der Waals surface area contributed by atoms with Gasteiger partial charge in [-0.25, -0.2) is 0 Å². The second kappa shape index (κ2) is 11.6. The number of rotatable bonds is 12. The van der Waals surface area contributed by atoms with Gasteiger partial charge in [0.05, 0.1) is 37.2 Å². The molecule has 0 aromatic carbocycles. The van der Waals surface area contributed by atoms with E-state index >= 15 is 0 Å².